The number of benzene rings is 2. The van der Waals surface area contributed by atoms with Crippen molar-refractivity contribution in [1.82, 2.24) is 5.32 Å². The second kappa shape index (κ2) is 8.19. The van der Waals surface area contributed by atoms with Gasteiger partial charge >= 0.3 is 0 Å². The highest BCUT2D eigenvalue weighted by Gasteiger charge is 2.23. The normalized spacial score (nSPS) is 18.3. The second-order valence-electron chi connectivity index (χ2n) is 7.03. The van der Waals surface area contributed by atoms with E-state index >= 15 is 0 Å². The molecular formula is C21H24ClFN2O. The van der Waals surface area contributed by atoms with Crippen molar-refractivity contribution in [3.63, 3.8) is 0 Å². The summed E-state index contributed by atoms with van der Waals surface area (Å²) in [6, 6.07) is 12.0. The molecule has 0 fully saturated rings. The van der Waals surface area contributed by atoms with Gasteiger partial charge in [-0.25, -0.2) is 4.39 Å². The summed E-state index contributed by atoms with van der Waals surface area (Å²) in [6.07, 6.45) is 4.29. The standard InChI is InChI=1S/C21H23FN2O.ClH/c22-21-18-10-11-23-13-16(18)8-9-19(21)24-20(25)12-15-6-3-5-14-4-1-2-7-17(14)15;/h1-2,4,7-9,15,23H,3,5-6,10-13H2,(H,24,25);1H. The van der Waals surface area contributed by atoms with Crippen LogP contribution in [0.3, 0.4) is 0 Å². The van der Waals surface area contributed by atoms with Crippen LogP contribution >= 0.6 is 12.4 Å². The van der Waals surface area contributed by atoms with Gasteiger partial charge in [0.15, 0.2) is 0 Å². The van der Waals surface area contributed by atoms with Gasteiger partial charge in [0.1, 0.15) is 5.82 Å². The summed E-state index contributed by atoms with van der Waals surface area (Å²) in [7, 11) is 0. The third-order valence-electron chi connectivity index (χ3n) is 5.41. The van der Waals surface area contributed by atoms with E-state index in [1.165, 1.54) is 11.1 Å². The van der Waals surface area contributed by atoms with Gasteiger partial charge in [0.05, 0.1) is 5.69 Å². The van der Waals surface area contributed by atoms with Gasteiger partial charge in [-0.05, 0) is 66.5 Å². The van der Waals surface area contributed by atoms with E-state index in [0.29, 0.717) is 25.1 Å². The quantitative estimate of drug-likeness (QED) is 0.839. The van der Waals surface area contributed by atoms with Gasteiger partial charge < -0.3 is 10.6 Å². The topological polar surface area (TPSA) is 41.1 Å². The SMILES string of the molecule is Cl.O=C(CC1CCCc2ccccc21)Nc1ccc2c(c1F)CCNC2. The number of nitrogens with one attached hydrogen (secondary N) is 2. The minimum absolute atomic E-state index is 0. The molecule has 0 spiro atoms. The monoisotopic (exact) mass is 374 g/mol. The number of fused-ring (bicyclic) bond motifs is 2. The molecule has 0 saturated carbocycles. The molecule has 2 N–H and O–H groups in total. The Labute approximate surface area is 159 Å². The molecule has 2 aromatic carbocycles. The number of halogens is 2. The van der Waals surface area contributed by atoms with Crippen molar-refractivity contribution in [3.05, 3.63) is 64.5 Å². The van der Waals surface area contributed by atoms with E-state index in [4.69, 9.17) is 0 Å². The number of rotatable bonds is 3. The Bertz CT molecular complexity index is 809. The third-order valence-corrected chi connectivity index (χ3v) is 5.41. The van der Waals surface area contributed by atoms with Gasteiger partial charge in [0, 0.05) is 13.0 Å². The van der Waals surface area contributed by atoms with Crippen molar-refractivity contribution in [2.45, 2.75) is 44.6 Å². The van der Waals surface area contributed by atoms with Gasteiger partial charge in [-0.1, -0.05) is 30.3 Å². The van der Waals surface area contributed by atoms with Crippen LogP contribution in [0.25, 0.3) is 0 Å². The van der Waals surface area contributed by atoms with E-state index in [0.717, 1.165) is 36.9 Å². The number of amides is 1. The number of hydrogen-bond donors (Lipinski definition) is 2. The Balaban J connectivity index is 0.00000196. The van der Waals surface area contributed by atoms with Crippen molar-refractivity contribution in [1.29, 1.82) is 0 Å². The highest BCUT2D eigenvalue weighted by Crippen LogP contribution is 2.34. The lowest BCUT2D eigenvalue weighted by molar-refractivity contribution is -0.116. The van der Waals surface area contributed by atoms with Crippen LogP contribution < -0.4 is 10.6 Å². The van der Waals surface area contributed by atoms with Crippen molar-refractivity contribution in [3.8, 4) is 0 Å². The number of hydrogen-bond acceptors (Lipinski definition) is 2. The molecule has 1 aliphatic carbocycles. The summed E-state index contributed by atoms with van der Waals surface area (Å²) < 4.78 is 14.7. The van der Waals surface area contributed by atoms with E-state index in [9.17, 15) is 9.18 Å². The fraction of sp³-hybridized carbons (Fsp3) is 0.381. The van der Waals surface area contributed by atoms with Crippen LogP contribution in [0.4, 0.5) is 10.1 Å². The summed E-state index contributed by atoms with van der Waals surface area (Å²) in [5.41, 5.74) is 4.66. The minimum atomic E-state index is -0.267. The lowest BCUT2D eigenvalue weighted by Gasteiger charge is -2.25. The van der Waals surface area contributed by atoms with Crippen LogP contribution in [-0.4, -0.2) is 12.5 Å². The average Bonchev–Trinajstić information content (AvgIpc) is 2.65. The molecule has 3 nitrogen and oxygen atoms in total. The molecular weight excluding hydrogens is 351 g/mol. The Kier molecular flexibility index (Phi) is 5.94. The Morgan fingerprint density at radius 2 is 2.00 bits per heavy atom. The molecule has 0 aromatic heterocycles. The van der Waals surface area contributed by atoms with Crippen LogP contribution in [-0.2, 0) is 24.2 Å². The first-order valence-electron chi connectivity index (χ1n) is 9.11. The fourth-order valence-corrected chi connectivity index (χ4v) is 4.12. The minimum Gasteiger partial charge on any atom is -0.324 e. The average molecular weight is 375 g/mol. The molecule has 1 aliphatic heterocycles. The van der Waals surface area contributed by atoms with E-state index in [1.807, 2.05) is 12.1 Å². The van der Waals surface area contributed by atoms with Crippen LogP contribution in [0, 0.1) is 5.82 Å². The molecule has 0 radical (unpaired) electrons. The highest BCUT2D eigenvalue weighted by molar-refractivity contribution is 5.91. The van der Waals surface area contributed by atoms with Gasteiger partial charge in [0.2, 0.25) is 5.91 Å². The molecule has 1 amide bonds. The first-order valence-corrected chi connectivity index (χ1v) is 9.11. The van der Waals surface area contributed by atoms with Gasteiger partial charge in [-0.2, -0.15) is 0 Å². The summed E-state index contributed by atoms with van der Waals surface area (Å²) in [5.74, 6) is -0.138. The number of anilines is 1. The molecule has 2 aromatic rings. The number of carbonyl (C=O) groups is 1. The maximum Gasteiger partial charge on any atom is 0.225 e. The van der Waals surface area contributed by atoms with E-state index in [2.05, 4.69) is 28.8 Å². The van der Waals surface area contributed by atoms with E-state index in [-0.39, 0.29) is 30.0 Å². The first-order chi connectivity index (χ1) is 12.2. The van der Waals surface area contributed by atoms with Gasteiger partial charge in [-0.15, -0.1) is 12.4 Å². The van der Waals surface area contributed by atoms with Crippen molar-refractivity contribution < 1.29 is 9.18 Å². The van der Waals surface area contributed by atoms with Crippen LogP contribution in [0.5, 0.6) is 0 Å². The van der Waals surface area contributed by atoms with Crippen LogP contribution in [0.2, 0.25) is 0 Å². The largest absolute Gasteiger partial charge is 0.324 e. The van der Waals surface area contributed by atoms with Crippen LogP contribution in [0.15, 0.2) is 36.4 Å². The number of aryl methyl sites for hydroxylation is 1. The lowest BCUT2D eigenvalue weighted by Crippen LogP contribution is -2.25. The lowest BCUT2D eigenvalue weighted by atomic mass is 9.81. The molecule has 0 bridgehead atoms. The summed E-state index contributed by atoms with van der Waals surface area (Å²) in [4.78, 5) is 12.5. The molecule has 1 atom stereocenters. The Hall–Kier alpha value is -1.91. The molecule has 5 heteroatoms. The zero-order chi connectivity index (χ0) is 17.2. The maximum absolute atomic E-state index is 14.7. The smallest absolute Gasteiger partial charge is 0.225 e. The van der Waals surface area contributed by atoms with Crippen molar-refractivity contribution in [2.75, 3.05) is 11.9 Å². The fourth-order valence-electron chi connectivity index (χ4n) is 4.12. The summed E-state index contributed by atoms with van der Waals surface area (Å²) in [5, 5.41) is 6.04. The number of carbonyl (C=O) groups excluding carboxylic acids is 1. The predicted octanol–water partition coefficient (Wildman–Crippen LogP) is 4.34. The molecule has 2 aliphatic rings. The molecule has 0 saturated heterocycles. The first kappa shape index (κ1) is 18.9. The van der Waals surface area contributed by atoms with Gasteiger partial charge in [-0.3, -0.25) is 4.79 Å². The third kappa shape index (κ3) is 3.76. The molecule has 26 heavy (non-hydrogen) atoms. The van der Waals surface area contributed by atoms with Crippen molar-refractivity contribution >= 4 is 24.0 Å². The predicted molar refractivity (Wildman–Crippen MR) is 104 cm³/mol. The Morgan fingerprint density at radius 3 is 2.88 bits per heavy atom. The van der Waals surface area contributed by atoms with Gasteiger partial charge in [0.25, 0.3) is 0 Å². The van der Waals surface area contributed by atoms with Crippen LogP contribution in [0.1, 0.15) is 47.4 Å². The second-order valence-corrected chi connectivity index (χ2v) is 7.03. The molecule has 1 heterocycles. The zero-order valence-electron chi connectivity index (χ0n) is 14.7. The molecule has 138 valence electrons. The summed E-state index contributed by atoms with van der Waals surface area (Å²) in [6.45, 7) is 1.47. The summed E-state index contributed by atoms with van der Waals surface area (Å²) >= 11 is 0. The molecule has 4 rings (SSSR count). The maximum atomic E-state index is 14.7. The van der Waals surface area contributed by atoms with E-state index < -0.39 is 0 Å². The molecule has 1 unspecified atom stereocenters. The zero-order valence-corrected chi connectivity index (χ0v) is 15.5. The van der Waals surface area contributed by atoms with E-state index in [1.54, 1.807) is 6.07 Å². The highest BCUT2D eigenvalue weighted by atomic mass is 35.5. The van der Waals surface area contributed by atoms with Crippen molar-refractivity contribution in [2.24, 2.45) is 0 Å². The Morgan fingerprint density at radius 1 is 1.15 bits per heavy atom.